The second-order valence-corrected chi connectivity index (χ2v) is 16.7. The van der Waals surface area contributed by atoms with Crippen molar-refractivity contribution in [2.24, 2.45) is 0 Å². The molecule has 0 bridgehead atoms. The van der Waals surface area contributed by atoms with E-state index in [1.165, 1.54) is 0 Å². The first-order valence-corrected chi connectivity index (χ1v) is 18.4. The summed E-state index contributed by atoms with van der Waals surface area (Å²) in [5.74, 6) is 2.36. The van der Waals surface area contributed by atoms with Crippen molar-refractivity contribution in [3.63, 3.8) is 0 Å². The Hall–Kier alpha value is -5.06. The van der Waals surface area contributed by atoms with Gasteiger partial charge in [-0.3, -0.25) is 9.80 Å². The molecule has 0 spiro atoms. The fraction of sp³-hybridized carbons (Fsp3) is 0.463. The number of likely N-dealkylation sites (tertiary alicyclic amines) is 2. The van der Waals surface area contributed by atoms with Crippen LogP contribution in [0.25, 0.3) is 44.2 Å². The summed E-state index contributed by atoms with van der Waals surface area (Å²) in [6.45, 7) is 15.9. The highest BCUT2D eigenvalue weighted by Crippen LogP contribution is 2.44. The van der Waals surface area contributed by atoms with Gasteiger partial charge in [0.2, 0.25) is 0 Å². The number of hydrogen-bond acceptors (Lipinski definition) is 7. The zero-order chi connectivity index (χ0) is 36.7. The number of rotatable bonds is 3. The summed E-state index contributed by atoms with van der Waals surface area (Å²) in [5.41, 5.74) is 5.81. The first-order chi connectivity index (χ1) is 24.6. The molecular weight excluding hydrogens is 656 g/mol. The summed E-state index contributed by atoms with van der Waals surface area (Å²) < 4.78 is 17.9. The average Bonchev–Trinajstić information content (AvgIpc) is 3.87. The fourth-order valence-corrected chi connectivity index (χ4v) is 8.04. The third-order valence-electron chi connectivity index (χ3n) is 10.5. The van der Waals surface area contributed by atoms with E-state index in [-0.39, 0.29) is 36.4 Å². The Kier molecular flexibility index (Phi) is 8.04. The predicted octanol–water partition coefficient (Wildman–Crippen LogP) is 9.59. The fourth-order valence-electron chi connectivity index (χ4n) is 8.04. The monoisotopic (exact) mass is 704 g/mol. The van der Waals surface area contributed by atoms with Crippen LogP contribution >= 0.6 is 0 Å². The Balaban J connectivity index is 1.07. The zero-order valence-electron chi connectivity index (χ0n) is 31.3. The second-order valence-electron chi connectivity index (χ2n) is 16.7. The number of hydrogen-bond donors (Lipinski definition) is 2. The first-order valence-electron chi connectivity index (χ1n) is 18.4. The van der Waals surface area contributed by atoms with Crippen LogP contribution in [0.4, 0.5) is 9.59 Å². The second kappa shape index (κ2) is 12.3. The van der Waals surface area contributed by atoms with Gasteiger partial charge in [0.05, 0.1) is 35.0 Å². The van der Waals surface area contributed by atoms with Gasteiger partial charge < -0.3 is 24.2 Å². The van der Waals surface area contributed by atoms with E-state index in [0.717, 1.165) is 92.8 Å². The van der Waals surface area contributed by atoms with Crippen LogP contribution in [0, 0.1) is 0 Å². The molecule has 0 radical (unpaired) electrons. The molecule has 52 heavy (non-hydrogen) atoms. The summed E-state index contributed by atoms with van der Waals surface area (Å²) in [7, 11) is 0. The molecule has 2 saturated heterocycles. The van der Waals surface area contributed by atoms with Crippen LogP contribution in [0.5, 0.6) is 5.75 Å². The molecular formula is C41H48N6O5. The molecule has 4 atom stereocenters. The lowest BCUT2D eigenvalue weighted by molar-refractivity contribution is 0.0141. The maximum atomic E-state index is 13.2. The van der Waals surface area contributed by atoms with E-state index in [4.69, 9.17) is 24.2 Å². The van der Waals surface area contributed by atoms with Crippen molar-refractivity contribution >= 4 is 34.0 Å². The molecule has 3 aliphatic rings. The number of nitrogens with zero attached hydrogens (tertiary/aromatic N) is 4. The Labute approximate surface area is 304 Å². The number of benzene rings is 3. The average molecular weight is 705 g/mol. The maximum absolute atomic E-state index is 13.2. The highest BCUT2D eigenvalue weighted by molar-refractivity contribution is 6.07. The Morgan fingerprint density at radius 2 is 1.44 bits per heavy atom. The number of aromatic amines is 2. The van der Waals surface area contributed by atoms with E-state index in [9.17, 15) is 9.59 Å². The van der Waals surface area contributed by atoms with Crippen molar-refractivity contribution in [1.82, 2.24) is 29.7 Å². The molecule has 3 aromatic carbocycles. The number of nitrogens with one attached hydrogen (secondary N) is 2. The molecule has 2 amide bonds. The molecule has 2 fully saturated rings. The summed E-state index contributed by atoms with van der Waals surface area (Å²) in [6, 6.07) is 14.7. The molecule has 0 aliphatic carbocycles. The van der Waals surface area contributed by atoms with E-state index in [1.54, 1.807) is 0 Å². The van der Waals surface area contributed by atoms with Gasteiger partial charge in [0.25, 0.3) is 0 Å². The van der Waals surface area contributed by atoms with Gasteiger partial charge in [0, 0.05) is 23.0 Å². The molecule has 11 nitrogen and oxygen atoms in total. The third kappa shape index (κ3) is 6.13. The largest absolute Gasteiger partial charge is 0.488 e. The minimum Gasteiger partial charge on any atom is -0.488 e. The van der Waals surface area contributed by atoms with Crippen LogP contribution in [0.3, 0.4) is 0 Å². The van der Waals surface area contributed by atoms with E-state index >= 15 is 0 Å². The summed E-state index contributed by atoms with van der Waals surface area (Å²) in [5, 5.41) is 2.10. The number of imidazole rings is 2. The molecule has 2 aromatic heterocycles. The van der Waals surface area contributed by atoms with Gasteiger partial charge >= 0.3 is 12.2 Å². The Bertz CT molecular complexity index is 2210. The highest BCUT2D eigenvalue weighted by Gasteiger charge is 2.41. The molecule has 5 heterocycles. The van der Waals surface area contributed by atoms with Crippen LogP contribution in [-0.4, -0.2) is 65.2 Å². The number of carbonyl (C=O) groups is 2. The normalized spacial score (nSPS) is 21.7. The SMILES string of the molecule is CC1CCC(c2ncc(-c3ccc4c(c3)COc3cc5c(ccc6nc([C@@H]7CC[C@H](C)N7C(=O)OC(C)(C)C)[nH]c65)cc3-4)[nH]2)N1C(=O)OC(C)(C)C. The number of carbonyl (C=O) groups excluding carboxylic acids is 2. The molecule has 8 rings (SSSR count). The maximum Gasteiger partial charge on any atom is 0.411 e. The van der Waals surface area contributed by atoms with Gasteiger partial charge in [0.15, 0.2) is 0 Å². The van der Waals surface area contributed by atoms with Gasteiger partial charge in [-0.25, -0.2) is 19.6 Å². The number of aromatic nitrogens is 4. The predicted molar refractivity (Wildman–Crippen MR) is 200 cm³/mol. The van der Waals surface area contributed by atoms with Gasteiger partial charge in [-0.1, -0.05) is 18.2 Å². The quantitative estimate of drug-likeness (QED) is 0.192. The van der Waals surface area contributed by atoms with E-state index in [0.29, 0.717) is 6.61 Å². The van der Waals surface area contributed by atoms with Gasteiger partial charge in [-0.05, 0) is 127 Å². The van der Waals surface area contributed by atoms with E-state index in [1.807, 2.05) is 63.6 Å². The van der Waals surface area contributed by atoms with Crippen LogP contribution < -0.4 is 4.74 Å². The standard InChI is InChI=1S/C41H48N6O5/c1-22-9-15-32(46(22)38(48)51-40(3,4)5)36-42-20-31(44-36)25-11-13-27-26(17-25)21-50-34-19-28-24(18-29(27)34)12-14-30-35(28)45-37(43-30)33-16-10-23(2)47(33)39(49)52-41(6,7)8/h11-14,17-20,22-23,32-33H,9-10,15-16,21H2,1-8H3,(H,42,44)(H,43,45)/t22?,23-,32?,33-/m0/s1. The molecule has 11 heteroatoms. The minimum atomic E-state index is -0.572. The lowest BCUT2D eigenvalue weighted by Crippen LogP contribution is -2.40. The van der Waals surface area contributed by atoms with Crippen molar-refractivity contribution in [2.75, 3.05) is 0 Å². The van der Waals surface area contributed by atoms with Crippen molar-refractivity contribution in [3.8, 4) is 28.1 Å². The summed E-state index contributed by atoms with van der Waals surface area (Å²) >= 11 is 0. The highest BCUT2D eigenvalue weighted by atomic mass is 16.6. The number of H-pyrrole nitrogens is 2. The third-order valence-corrected chi connectivity index (χ3v) is 10.5. The molecule has 272 valence electrons. The van der Waals surface area contributed by atoms with Crippen LogP contribution in [0.15, 0.2) is 48.7 Å². The lowest BCUT2D eigenvalue weighted by Gasteiger charge is -2.30. The van der Waals surface area contributed by atoms with Gasteiger partial charge in [-0.15, -0.1) is 0 Å². The molecule has 2 unspecified atom stereocenters. The lowest BCUT2D eigenvalue weighted by atomic mass is 9.92. The number of amides is 2. The van der Waals surface area contributed by atoms with Crippen molar-refractivity contribution in [3.05, 3.63) is 65.9 Å². The van der Waals surface area contributed by atoms with Crippen molar-refractivity contribution < 1.29 is 23.8 Å². The van der Waals surface area contributed by atoms with Crippen molar-refractivity contribution in [2.45, 2.75) is 123 Å². The van der Waals surface area contributed by atoms with E-state index in [2.05, 4.69) is 60.2 Å². The topological polar surface area (TPSA) is 126 Å². The Morgan fingerprint density at radius 3 is 2.10 bits per heavy atom. The molecule has 3 aliphatic heterocycles. The number of ether oxygens (including phenoxy) is 3. The smallest absolute Gasteiger partial charge is 0.411 e. The van der Waals surface area contributed by atoms with Crippen LogP contribution in [0.1, 0.15) is 110 Å². The van der Waals surface area contributed by atoms with E-state index < -0.39 is 11.2 Å². The van der Waals surface area contributed by atoms with Crippen molar-refractivity contribution in [1.29, 1.82) is 0 Å². The first kappa shape index (κ1) is 34.0. The molecule has 2 N–H and O–H groups in total. The van der Waals surface area contributed by atoms with Gasteiger partial charge in [0.1, 0.15) is 35.2 Å². The van der Waals surface area contributed by atoms with Crippen LogP contribution in [-0.2, 0) is 16.1 Å². The number of fused-ring (bicyclic) bond motifs is 6. The minimum absolute atomic E-state index is 0.0618. The summed E-state index contributed by atoms with van der Waals surface area (Å²) in [4.78, 5) is 46.8. The van der Waals surface area contributed by atoms with Crippen LogP contribution in [0.2, 0.25) is 0 Å². The Morgan fingerprint density at radius 1 is 0.788 bits per heavy atom. The zero-order valence-corrected chi connectivity index (χ0v) is 31.3. The van der Waals surface area contributed by atoms with Gasteiger partial charge in [-0.2, -0.15) is 0 Å². The summed E-state index contributed by atoms with van der Waals surface area (Å²) in [6.07, 6.45) is 4.66. The molecule has 5 aromatic rings. The molecule has 0 saturated carbocycles.